The second kappa shape index (κ2) is 3.68. The van der Waals surface area contributed by atoms with Gasteiger partial charge in [-0.3, -0.25) is 9.59 Å². The summed E-state index contributed by atoms with van der Waals surface area (Å²) >= 11 is 0. The standard InChI is InChI=1S/C7H10F2N2O2/c8-5(9)7(13)11-3-1-2-4(11)6(10)12/h4-5H,1-3H2,(H2,10,12). The van der Waals surface area contributed by atoms with Gasteiger partial charge in [0.25, 0.3) is 5.91 Å². The number of hydrogen-bond donors (Lipinski definition) is 1. The minimum absolute atomic E-state index is 0.191. The van der Waals surface area contributed by atoms with Crippen molar-refractivity contribution in [2.24, 2.45) is 5.73 Å². The average Bonchev–Trinajstić information content (AvgIpc) is 2.50. The van der Waals surface area contributed by atoms with Gasteiger partial charge in [-0.15, -0.1) is 0 Å². The van der Waals surface area contributed by atoms with Gasteiger partial charge in [0, 0.05) is 6.54 Å². The van der Waals surface area contributed by atoms with Crippen LogP contribution in [-0.4, -0.2) is 35.7 Å². The molecule has 0 aromatic rings. The zero-order valence-electron chi connectivity index (χ0n) is 6.87. The third-order valence-corrected chi connectivity index (χ3v) is 2.05. The van der Waals surface area contributed by atoms with Gasteiger partial charge in [-0.1, -0.05) is 0 Å². The summed E-state index contributed by atoms with van der Waals surface area (Å²) in [5.74, 6) is -2.02. The Bertz CT molecular complexity index is 233. The number of hydrogen-bond acceptors (Lipinski definition) is 2. The number of halogens is 2. The van der Waals surface area contributed by atoms with Crippen LogP contribution in [0.5, 0.6) is 0 Å². The van der Waals surface area contributed by atoms with Crippen molar-refractivity contribution in [1.82, 2.24) is 4.90 Å². The first-order valence-electron chi connectivity index (χ1n) is 3.92. The molecule has 4 nitrogen and oxygen atoms in total. The van der Waals surface area contributed by atoms with Crippen LogP contribution in [0.1, 0.15) is 12.8 Å². The molecule has 13 heavy (non-hydrogen) atoms. The van der Waals surface area contributed by atoms with Gasteiger partial charge in [-0.25, -0.2) is 0 Å². The van der Waals surface area contributed by atoms with Crippen molar-refractivity contribution < 1.29 is 18.4 Å². The second-order valence-corrected chi connectivity index (χ2v) is 2.89. The lowest BCUT2D eigenvalue weighted by Gasteiger charge is -2.21. The predicted molar refractivity (Wildman–Crippen MR) is 39.9 cm³/mol. The average molecular weight is 192 g/mol. The summed E-state index contributed by atoms with van der Waals surface area (Å²) in [5.41, 5.74) is 4.95. The first kappa shape index (κ1) is 9.88. The summed E-state index contributed by atoms with van der Waals surface area (Å²) < 4.78 is 23.9. The quantitative estimate of drug-likeness (QED) is 0.654. The van der Waals surface area contributed by atoms with Crippen molar-refractivity contribution >= 4 is 11.8 Å². The second-order valence-electron chi connectivity index (χ2n) is 2.89. The van der Waals surface area contributed by atoms with E-state index in [9.17, 15) is 18.4 Å². The van der Waals surface area contributed by atoms with Gasteiger partial charge < -0.3 is 10.6 Å². The van der Waals surface area contributed by atoms with E-state index in [0.717, 1.165) is 4.90 Å². The topological polar surface area (TPSA) is 63.4 Å². The number of carbonyl (C=O) groups is 2. The van der Waals surface area contributed by atoms with Crippen molar-refractivity contribution in [2.45, 2.75) is 25.3 Å². The fourth-order valence-electron chi connectivity index (χ4n) is 1.45. The molecule has 1 aliphatic rings. The fourth-order valence-corrected chi connectivity index (χ4v) is 1.45. The largest absolute Gasteiger partial charge is 0.368 e. The Balaban J connectivity index is 2.68. The molecule has 74 valence electrons. The predicted octanol–water partition coefficient (Wildman–Crippen LogP) is -0.272. The Labute approximate surface area is 73.7 Å². The van der Waals surface area contributed by atoms with Crippen molar-refractivity contribution in [2.75, 3.05) is 6.54 Å². The van der Waals surface area contributed by atoms with E-state index in [1.807, 2.05) is 0 Å². The number of nitrogens with two attached hydrogens (primary N) is 1. The summed E-state index contributed by atoms with van der Waals surface area (Å²) in [4.78, 5) is 22.4. The summed E-state index contributed by atoms with van der Waals surface area (Å²) in [7, 11) is 0. The van der Waals surface area contributed by atoms with Crippen LogP contribution in [0.4, 0.5) is 8.78 Å². The van der Waals surface area contributed by atoms with Crippen LogP contribution in [0.3, 0.4) is 0 Å². The van der Waals surface area contributed by atoms with E-state index in [1.165, 1.54) is 0 Å². The number of rotatable bonds is 2. The van der Waals surface area contributed by atoms with Gasteiger partial charge in [0.2, 0.25) is 5.91 Å². The highest BCUT2D eigenvalue weighted by atomic mass is 19.3. The third kappa shape index (κ3) is 1.93. The van der Waals surface area contributed by atoms with Crippen molar-refractivity contribution in [1.29, 1.82) is 0 Å². The summed E-state index contributed by atoms with van der Waals surface area (Å²) in [6.07, 6.45) is -2.13. The lowest BCUT2D eigenvalue weighted by Crippen LogP contribution is -2.45. The van der Waals surface area contributed by atoms with E-state index in [2.05, 4.69) is 0 Å². The van der Waals surface area contributed by atoms with Crippen LogP contribution >= 0.6 is 0 Å². The zero-order valence-corrected chi connectivity index (χ0v) is 6.87. The van der Waals surface area contributed by atoms with Crippen LogP contribution in [0.15, 0.2) is 0 Å². The highest BCUT2D eigenvalue weighted by molar-refractivity contribution is 5.88. The Hall–Kier alpha value is -1.20. The maximum atomic E-state index is 12.0. The van der Waals surface area contributed by atoms with Crippen LogP contribution in [0, 0.1) is 0 Å². The van der Waals surface area contributed by atoms with Crippen molar-refractivity contribution in [3.63, 3.8) is 0 Å². The molecule has 1 fully saturated rings. The number of nitrogens with zero attached hydrogens (tertiary/aromatic N) is 1. The molecule has 0 bridgehead atoms. The minimum atomic E-state index is -3.06. The molecule has 1 heterocycles. The van der Waals surface area contributed by atoms with E-state index in [-0.39, 0.29) is 6.54 Å². The van der Waals surface area contributed by atoms with Gasteiger partial charge in [0.05, 0.1) is 0 Å². The van der Waals surface area contributed by atoms with Crippen molar-refractivity contribution in [3.8, 4) is 0 Å². The summed E-state index contributed by atoms with van der Waals surface area (Å²) in [6, 6.07) is -0.846. The van der Waals surface area contributed by atoms with Gasteiger partial charge in [0.15, 0.2) is 0 Å². The Morgan fingerprint density at radius 3 is 2.54 bits per heavy atom. The van der Waals surface area contributed by atoms with Crippen LogP contribution in [-0.2, 0) is 9.59 Å². The van der Waals surface area contributed by atoms with Crippen LogP contribution < -0.4 is 5.73 Å². The molecule has 2 amide bonds. The maximum Gasteiger partial charge on any atom is 0.315 e. The monoisotopic (exact) mass is 192 g/mol. The normalized spacial score (nSPS) is 22.4. The number of amides is 2. The van der Waals surface area contributed by atoms with E-state index in [4.69, 9.17) is 5.73 Å². The number of carbonyl (C=O) groups excluding carboxylic acids is 2. The Morgan fingerprint density at radius 1 is 1.46 bits per heavy atom. The highest BCUT2D eigenvalue weighted by Gasteiger charge is 2.36. The Morgan fingerprint density at radius 2 is 2.08 bits per heavy atom. The highest BCUT2D eigenvalue weighted by Crippen LogP contribution is 2.18. The maximum absolute atomic E-state index is 12.0. The molecule has 1 atom stereocenters. The molecule has 0 saturated carbocycles. The third-order valence-electron chi connectivity index (χ3n) is 2.05. The van der Waals surface area contributed by atoms with Gasteiger partial charge >= 0.3 is 6.43 Å². The lowest BCUT2D eigenvalue weighted by molar-refractivity contribution is -0.146. The van der Waals surface area contributed by atoms with Gasteiger partial charge in [0.1, 0.15) is 6.04 Å². The molecule has 0 aromatic heterocycles. The molecule has 2 N–H and O–H groups in total. The van der Waals surface area contributed by atoms with Crippen molar-refractivity contribution in [3.05, 3.63) is 0 Å². The molecule has 1 rings (SSSR count). The van der Waals surface area contributed by atoms with Crippen LogP contribution in [0.2, 0.25) is 0 Å². The smallest absolute Gasteiger partial charge is 0.315 e. The SMILES string of the molecule is NC(=O)C1CCCN1C(=O)C(F)F. The number of likely N-dealkylation sites (tertiary alicyclic amines) is 1. The fraction of sp³-hybridized carbons (Fsp3) is 0.714. The molecular weight excluding hydrogens is 182 g/mol. The van der Waals surface area contributed by atoms with E-state index in [0.29, 0.717) is 12.8 Å². The summed E-state index contributed by atoms with van der Waals surface area (Å²) in [5, 5.41) is 0. The molecule has 0 aromatic carbocycles. The van der Waals surface area contributed by atoms with Gasteiger partial charge in [-0.2, -0.15) is 8.78 Å². The Kier molecular flexibility index (Phi) is 2.79. The number of primary amides is 1. The number of alkyl halides is 2. The van der Waals surface area contributed by atoms with E-state index in [1.54, 1.807) is 0 Å². The molecule has 6 heteroatoms. The molecule has 1 aliphatic heterocycles. The molecule has 1 saturated heterocycles. The van der Waals surface area contributed by atoms with Gasteiger partial charge in [-0.05, 0) is 12.8 Å². The van der Waals surface area contributed by atoms with E-state index < -0.39 is 24.3 Å². The summed E-state index contributed by atoms with van der Waals surface area (Å²) in [6.45, 7) is 0.191. The molecule has 1 unspecified atom stereocenters. The molecule has 0 aliphatic carbocycles. The van der Waals surface area contributed by atoms with E-state index >= 15 is 0 Å². The molecule has 0 radical (unpaired) electrons. The zero-order chi connectivity index (χ0) is 10.0. The van der Waals surface area contributed by atoms with Crippen LogP contribution in [0.25, 0.3) is 0 Å². The minimum Gasteiger partial charge on any atom is -0.368 e. The lowest BCUT2D eigenvalue weighted by atomic mass is 10.2. The first-order chi connectivity index (χ1) is 6.04. The molecular formula is C7H10F2N2O2. The first-order valence-corrected chi connectivity index (χ1v) is 3.92. The molecule has 0 spiro atoms.